The largest absolute Gasteiger partial charge is 0.860 e. The van der Waals surface area contributed by atoms with Crippen molar-refractivity contribution in [2.24, 2.45) is 0 Å². The molecule has 0 amide bonds. The lowest BCUT2D eigenvalue weighted by molar-refractivity contribution is -0.372. The summed E-state index contributed by atoms with van der Waals surface area (Å²) >= 11 is 5.54. The van der Waals surface area contributed by atoms with Gasteiger partial charge in [0.05, 0.1) is 5.75 Å². The molecule has 0 aliphatic carbocycles. The van der Waals surface area contributed by atoms with Gasteiger partial charge in [0, 0.05) is 5.02 Å². The van der Waals surface area contributed by atoms with E-state index >= 15 is 0 Å². The summed E-state index contributed by atoms with van der Waals surface area (Å²) in [4.78, 5) is 0. The summed E-state index contributed by atoms with van der Waals surface area (Å²) in [7, 11) is -2.30. The van der Waals surface area contributed by atoms with Gasteiger partial charge in [-0.15, -0.1) is 0 Å². The first kappa shape index (κ1) is 8.39. The van der Waals surface area contributed by atoms with Gasteiger partial charge in [-0.05, 0) is 18.2 Å². The first-order valence-electron chi connectivity index (χ1n) is 2.92. The normalized spacial score (nSPS) is 9.36. The molecule has 1 aromatic carbocycles. The van der Waals surface area contributed by atoms with Gasteiger partial charge in [-0.2, -0.15) is 0 Å². The molecular formula is C6H4BClO3-2. The number of hydrogen-bond acceptors (Lipinski definition) is 3. The second-order valence-corrected chi connectivity index (χ2v) is 2.30. The first-order chi connectivity index (χ1) is 5.18. The van der Waals surface area contributed by atoms with Crippen LogP contribution in [0.5, 0.6) is 5.75 Å². The molecule has 0 spiro atoms. The van der Waals surface area contributed by atoms with Crippen LogP contribution in [0.2, 0.25) is 5.02 Å². The second-order valence-electron chi connectivity index (χ2n) is 1.86. The quantitative estimate of drug-likeness (QED) is 0.558. The summed E-state index contributed by atoms with van der Waals surface area (Å²) in [5.41, 5.74) is 0. The predicted molar refractivity (Wildman–Crippen MR) is 37.8 cm³/mol. The fraction of sp³-hybridized carbons (Fsp3) is 0. The molecule has 0 aliphatic rings. The maximum Gasteiger partial charge on any atom is 0.133 e. The lowest BCUT2D eigenvalue weighted by atomic mass is 10.2. The van der Waals surface area contributed by atoms with Crippen molar-refractivity contribution in [1.82, 2.24) is 0 Å². The van der Waals surface area contributed by atoms with Crippen LogP contribution in [0.3, 0.4) is 0 Å². The zero-order chi connectivity index (χ0) is 8.27. The fourth-order valence-electron chi connectivity index (χ4n) is 0.651. The molecule has 58 valence electrons. The van der Waals surface area contributed by atoms with E-state index in [2.05, 4.69) is 4.65 Å². The minimum atomic E-state index is -2.30. The Balaban J connectivity index is 2.71. The van der Waals surface area contributed by atoms with Gasteiger partial charge in [0.25, 0.3) is 0 Å². The lowest BCUT2D eigenvalue weighted by Gasteiger charge is -2.26. The van der Waals surface area contributed by atoms with Crippen molar-refractivity contribution in [3.8, 4) is 5.75 Å². The van der Waals surface area contributed by atoms with E-state index in [4.69, 9.17) is 11.6 Å². The van der Waals surface area contributed by atoms with Gasteiger partial charge >= 0.3 is 0 Å². The van der Waals surface area contributed by atoms with E-state index in [1.54, 1.807) is 12.1 Å². The Morgan fingerprint density at radius 1 is 1.36 bits per heavy atom. The Kier molecular flexibility index (Phi) is 2.76. The van der Waals surface area contributed by atoms with E-state index < -0.39 is 7.32 Å². The molecule has 0 N–H and O–H groups in total. The van der Waals surface area contributed by atoms with Crippen LogP contribution in [0.15, 0.2) is 24.3 Å². The monoisotopic (exact) mass is 170 g/mol. The number of benzene rings is 1. The molecule has 0 saturated heterocycles. The van der Waals surface area contributed by atoms with Crippen LogP contribution < -0.4 is 14.7 Å². The molecule has 0 aliphatic heterocycles. The molecule has 3 nitrogen and oxygen atoms in total. The highest BCUT2D eigenvalue weighted by Gasteiger charge is 1.90. The standard InChI is InChI=1S/C6H4BClO3/c8-5-2-1-3-6(4-5)11-7(9)10/h1-4H/q-2. The third-order valence-electron chi connectivity index (χ3n) is 1.03. The van der Waals surface area contributed by atoms with E-state index in [0.717, 1.165) is 0 Å². The Morgan fingerprint density at radius 3 is 2.64 bits per heavy atom. The second kappa shape index (κ2) is 3.62. The topological polar surface area (TPSA) is 55.3 Å². The van der Waals surface area contributed by atoms with E-state index in [-0.39, 0.29) is 5.75 Å². The van der Waals surface area contributed by atoms with Gasteiger partial charge in [-0.25, -0.2) is 0 Å². The molecule has 0 fully saturated rings. The van der Waals surface area contributed by atoms with Crippen LogP contribution >= 0.6 is 11.6 Å². The third kappa shape index (κ3) is 2.80. The number of halogens is 1. The Morgan fingerprint density at radius 2 is 2.09 bits per heavy atom. The molecule has 0 heterocycles. The molecule has 1 aromatic rings. The van der Waals surface area contributed by atoms with E-state index in [1.807, 2.05) is 0 Å². The summed E-state index contributed by atoms with van der Waals surface area (Å²) in [5, 5.41) is 20.4. The average molecular weight is 170 g/mol. The van der Waals surface area contributed by atoms with Crippen molar-refractivity contribution >= 4 is 18.9 Å². The number of hydrogen-bond donors (Lipinski definition) is 0. The molecule has 0 bridgehead atoms. The van der Waals surface area contributed by atoms with Gasteiger partial charge in [0.1, 0.15) is 7.32 Å². The molecule has 11 heavy (non-hydrogen) atoms. The van der Waals surface area contributed by atoms with Crippen molar-refractivity contribution in [2.75, 3.05) is 0 Å². The average Bonchev–Trinajstić information content (AvgIpc) is 1.85. The van der Waals surface area contributed by atoms with Gasteiger partial charge in [0.2, 0.25) is 0 Å². The van der Waals surface area contributed by atoms with Gasteiger partial charge in [-0.3, -0.25) is 0 Å². The van der Waals surface area contributed by atoms with Crippen molar-refractivity contribution in [2.45, 2.75) is 0 Å². The Bertz CT molecular complexity index is 241. The molecule has 0 saturated carbocycles. The Hall–Kier alpha value is -0.705. The smallest absolute Gasteiger partial charge is 0.133 e. The van der Waals surface area contributed by atoms with Gasteiger partial charge in [-0.1, -0.05) is 17.7 Å². The van der Waals surface area contributed by atoms with Crippen LogP contribution in [0.25, 0.3) is 0 Å². The fourth-order valence-corrected chi connectivity index (χ4v) is 0.832. The third-order valence-corrected chi connectivity index (χ3v) is 1.26. The SMILES string of the molecule is [O-]B([O-])Oc1cccc(Cl)c1. The highest BCUT2D eigenvalue weighted by Crippen LogP contribution is 2.16. The van der Waals surface area contributed by atoms with Crippen LogP contribution in [-0.2, 0) is 0 Å². The van der Waals surface area contributed by atoms with Crippen molar-refractivity contribution < 1.29 is 14.7 Å². The molecule has 0 atom stereocenters. The van der Waals surface area contributed by atoms with Gasteiger partial charge in [0.15, 0.2) is 0 Å². The van der Waals surface area contributed by atoms with Crippen LogP contribution in [0.4, 0.5) is 0 Å². The molecule has 1 rings (SSSR count). The number of rotatable bonds is 2. The van der Waals surface area contributed by atoms with Crippen molar-refractivity contribution in [3.63, 3.8) is 0 Å². The van der Waals surface area contributed by atoms with E-state index in [0.29, 0.717) is 5.02 Å². The molecule has 0 radical (unpaired) electrons. The Labute approximate surface area is 69.4 Å². The minimum absolute atomic E-state index is 0.201. The summed E-state index contributed by atoms with van der Waals surface area (Å²) in [6.07, 6.45) is 0. The van der Waals surface area contributed by atoms with Crippen LogP contribution in [-0.4, -0.2) is 7.32 Å². The summed E-state index contributed by atoms with van der Waals surface area (Å²) in [6, 6.07) is 6.12. The predicted octanol–water partition coefficient (Wildman–Crippen LogP) is -0.576. The zero-order valence-electron chi connectivity index (χ0n) is 5.49. The minimum Gasteiger partial charge on any atom is -0.860 e. The van der Waals surface area contributed by atoms with Crippen molar-refractivity contribution in [1.29, 1.82) is 0 Å². The maximum absolute atomic E-state index is 9.99. The van der Waals surface area contributed by atoms with E-state index in [1.165, 1.54) is 12.1 Å². The van der Waals surface area contributed by atoms with E-state index in [9.17, 15) is 10.0 Å². The zero-order valence-corrected chi connectivity index (χ0v) is 6.25. The molecule has 5 heteroatoms. The first-order valence-corrected chi connectivity index (χ1v) is 3.30. The van der Waals surface area contributed by atoms with Crippen LogP contribution in [0.1, 0.15) is 0 Å². The molecular weight excluding hydrogens is 166 g/mol. The lowest BCUT2D eigenvalue weighted by Crippen LogP contribution is -2.50. The summed E-state index contributed by atoms with van der Waals surface area (Å²) in [5.74, 6) is 0.201. The highest BCUT2D eigenvalue weighted by atomic mass is 35.5. The molecule has 0 unspecified atom stereocenters. The van der Waals surface area contributed by atoms with Crippen LogP contribution in [0, 0.1) is 0 Å². The van der Waals surface area contributed by atoms with Crippen molar-refractivity contribution in [3.05, 3.63) is 29.3 Å². The summed E-state index contributed by atoms with van der Waals surface area (Å²) in [6.45, 7) is 0. The molecule has 0 aromatic heterocycles. The van der Waals surface area contributed by atoms with Gasteiger partial charge < -0.3 is 14.7 Å². The maximum atomic E-state index is 9.99. The summed E-state index contributed by atoms with van der Waals surface area (Å²) < 4.78 is 4.30. The highest BCUT2D eigenvalue weighted by molar-refractivity contribution is 6.31.